The SMILES string of the molecule is CCC/C=C\C/C=C\CCCCCCCC(=O)OC(COCCC(C(=O)O)[N+](C)(C)C)COC(=O)CCCCCCCCC/C=C\CCCCCCCC. The summed E-state index contributed by atoms with van der Waals surface area (Å²) in [7, 11) is 5.52. The average molecular weight is 763 g/mol. The number of esters is 2. The lowest BCUT2D eigenvalue weighted by atomic mass is 10.1. The van der Waals surface area contributed by atoms with E-state index in [1.807, 2.05) is 21.1 Å². The summed E-state index contributed by atoms with van der Waals surface area (Å²) in [5, 5.41) is 9.61. The van der Waals surface area contributed by atoms with Crippen LogP contribution in [0.15, 0.2) is 36.5 Å². The lowest BCUT2D eigenvalue weighted by Gasteiger charge is -2.31. The number of nitrogens with zero attached hydrogens (tertiary/aromatic N) is 1. The first-order valence-corrected chi connectivity index (χ1v) is 22.0. The molecule has 0 heterocycles. The zero-order chi connectivity index (χ0) is 40.0. The number of ether oxygens (including phenoxy) is 3. The molecule has 0 saturated carbocycles. The predicted octanol–water partition coefficient (Wildman–Crippen LogP) is 11.9. The third-order valence-electron chi connectivity index (χ3n) is 9.74. The highest BCUT2D eigenvalue weighted by Gasteiger charge is 2.31. The highest BCUT2D eigenvalue weighted by Crippen LogP contribution is 2.14. The molecule has 0 amide bonds. The first kappa shape index (κ1) is 51.5. The lowest BCUT2D eigenvalue weighted by Crippen LogP contribution is -2.50. The number of unbranched alkanes of at least 4 members (excludes halogenated alkanes) is 19. The van der Waals surface area contributed by atoms with Crippen molar-refractivity contribution in [3.63, 3.8) is 0 Å². The van der Waals surface area contributed by atoms with Crippen LogP contribution in [0.5, 0.6) is 0 Å². The van der Waals surface area contributed by atoms with Gasteiger partial charge in [0.25, 0.3) is 0 Å². The monoisotopic (exact) mass is 763 g/mol. The van der Waals surface area contributed by atoms with E-state index in [1.54, 1.807) is 0 Å². The molecule has 8 nitrogen and oxygen atoms in total. The van der Waals surface area contributed by atoms with E-state index in [-0.39, 0.29) is 36.2 Å². The van der Waals surface area contributed by atoms with E-state index in [1.165, 1.54) is 83.5 Å². The molecule has 0 aromatic carbocycles. The molecule has 0 saturated heterocycles. The van der Waals surface area contributed by atoms with Gasteiger partial charge in [-0.05, 0) is 64.2 Å². The van der Waals surface area contributed by atoms with Crippen LogP contribution in [-0.4, -0.2) is 80.6 Å². The van der Waals surface area contributed by atoms with Crippen LogP contribution in [0.25, 0.3) is 0 Å². The van der Waals surface area contributed by atoms with Gasteiger partial charge in [-0.2, -0.15) is 0 Å². The van der Waals surface area contributed by atoms with Crippen molar-refractivity contribution in [1.82, 2.24) is 0 Å². The Morgan fingerprint density at radius 3 is 1.52 bits per heavy atom. The molecule has 0 aliphatic rings. The molecule has 2 atom stereocenters. The Hall–Kier alpha value is -2.45. The van der Waals surface area contributed by atoms with Gasteiger partial charge in [-0.3, -0.25) is 9.59 Å². The van der Waals surface area contributed by atoms with Crippen molar-refractivity contribution in [2.45, 2.75) is 199 Å². The average Bonchev–Trinajstić information content (AvgIpc) is 3.12. The summed E-state index contributed by atoms with van der Waals surface area (Å²) in [5.41, 5.74) is 0. The van der Waals surface area contributed by atoms with Gasteiger partial charge in [0.2, 0.25) is 0 Å². The minimum atomic E-state index is -0.878. The summed E-state index contributed by atoms with van der Waals surface area (Å²) in [6.07, 6.45) is 41.8. The van der Waals surface area contributed by atoms with Gasteiger partial charge in [-0.1, -0.05) is 140 Å². The molecule has 0 fully saturated rings. The quantitative estimate of drug-likeness (QED) is 0.0288. The first-order chi connectivity index (χ1) is 26.1. The summed E-state index contributed by atoms with van der Waals surface area (Å²) in [5.74, 6) is -1.49. The maximum Gasteiger partial charge on any atom is 0.362 e. The molecule has 2 unspecified atom stereocenters. The highest BCUT2D eigenvalue weighted by molar-refractivity contribution is 5.72. The van der Waals surface area contributed by atoms with Crippen molar-refractivity contribution in [3.05, 3.63) is 36.5 Å². The molecule has 0 spiro atoms. The van der Waals surface area contributed by atoms with Gasteiger partial charge < -0.3 is 23.8 Å². The van der Waals surface area contributed by atoms with Crippen LogP contribution < -0.4 is 0 Å². The minimum absolute atomic E-state index is 0.0549. The molecule has 314 valence electrons. The van der Waals surface area contributed by atoms with Crippen LogP contribution in [0.1, 0.15) is 187 Å². The van der Waals surface area contributed by atoms with E-state index in [4.69, 9.17) is 14.2 Å². The standard InChI is InChI=1S/C46H83NO7/c1-6-8-10-12-14-16-18-20-21-22-23-25-26-28-30-32-34-36-44(48)53-41-42(40-52-39-38-43(46(50)51)47(3,4)5)54-45(49)37-35-33-31-29-27-24-19-17-15-13-11-9-7-2/h11,13,17,19-21,42-43H,6-10,12,14-16,18,22-41H2,1-5H3/p+1/b13-11-,19-17-,21-20-. The second-order valence-electron chi connectivity index (χ2n) is 15.9. The van der Waals surface area contributed by atoms with Gasteiger partial charge >= 0.3 is 17.9 Å². The number of hydrogen-bond acceptors (Lipinski definition) is 6. The van der Waals surface area contributed by atoms with E-state index in [0.29, 0.717) is 19.3 Å². The maximum atomic E-state index is 12.7. The molecular formula is C46H84NO7+. The molecule has 8 heteroatoms. The van der Waals surface area contributed by atoms with E-state index in [9.17, 15) is 19.5 Å². The molecule has 0 aromatic rings. The molecule has 1 N–H and O–H groups in total. The van der Waals surface area contributed by atoms with Gasteiger partial charge in [0, 0.05) is 19.3 Å². The molecule has 0 aromatic heterocycles. The summed E-state index contributed by atoms with van der Waals surface area (Å²) in [4.78, 5) is 36.9. The second-order valence-corrected chi connectivity index (χ2v) is 15.9. The molecule has 0 aliphatic heterocycles. The van der Waals surface area contributed by atoms with E-state index in [0.717, 1.165) is 70.6 Å². The number of carboxylic acids is 1. The predicted molar refractivity (Wildman–Crippen MR) is 225 cm³/mol. The molecule has 0 radical (unpaired) electrons. The topological polar surface area (TPSA) is 99.1 Å². The summed E-state index contributed by atoms with van der Waals surface area (Å²) in [6.45, 7) is 4.65. The van der Waals surface area contributed by atoms with Crippen LogP contribution in [0.3, 0.4) is 0 Å². The molecule has 54 heavy (non-hydrogen) atoms. The number of aliphatic carboxylic acids is 1. The number of quaternary nitrogens is 1. The zero-order valence-electron chi connectivity index (χ0n) is 35.7. The van der Waals surface area contributed by atoms with E-state index < -0.39 is 18.1 Å². The molecule has 0 aliphatic carbocycles. The van der Waals surface area contributed by atoms with E-state index >= 15 is 0 Å². The molecule has 0 rings (SSSR count). The zero-order valence-corrected chi connectivity index (χ0v) is 35.7. The number of carbonyl (C=O) groups excluding carboxylic acids is 2. The number of rotatable bonds is 39. The Morgan fingerprint density at radius 1 is 0.556 bits per heavy atom. The number of carboxylic acid groups (broad SMARTS) is 1. The summed E-state index contributed by atoms with van der Waals surface area (Å²) in [6, 6.07) is -0.616. The summed E-state index contributed by atoms with van der Waals surface area (Å²) >= 11 is 0. The molecule has 0 bridgehead atoms. The Balaban J connectivity index is 4.34. The van der Waals surface area contributed by atoms with Gasteiger partial charge in [0.15, 0.2) is 12.1 Å². The normalized spacial score (nSPS) is 13.3. The third-order valence-corrected chi connectivity index (χ3v) is 9.74. The van der Waals surface area contributed by atoms with Crippen LogP contribution in [0, 0.1) is 0 Å². The van der Waals surface area contributed by atoms with Crippen molar-refractivity contribution >= 4 is 17.9 Å². The Bertz CT molecular complexity index is 984. The Morgan fingerprint density at radius 2 is 1.02 bits per heavy atom. The fourth-order valence-corrected chi connectivity index (χ4v) is 6.30. The lowest BCUT2D eigenvalue weighted by molar-refractivity contribution is -0.887. The van der Waals surface area contributed by atoms with Gasteiger partial charge in [0.1, 0.15) is 6.61 Å². The fraction of sp³-hybridized carbons (Fsp3) is 0.804. The highest BCUT2D eigenvalue weighted by atomic mass is 16.6. The number of carbonyl (C=O) groups is 3. The van der Waals surface area contributed by atoms with Crippen molar-refractivity contribution in [2.24, 2.45) is 0 Å². The van der Waals surface area contributed by atoms with Crippen LogP contribution >= 0.6 is 0 Å². The first-order valence-electron chi connectivity index (χ1n) is 22.0. The van der Waals surface area contributed by atoms with Crippen molar-refractivity contribution in [2.75, 3.05) is 41.0 Å². The van der Waals surface area contributed by atoms with Gasteiger partial charge in [0.05, 0.1) is 34.4 Å². The fourth-order valence-electron chi connectivity index (χ4n) is 6.30. The van der Waals surface area contributed by atoms with Crippen LogP contribution in [0.2, 0.25) is 0 Å². The summed E-state index contributed by atoms with van der Waals surface area (Å²) < 4.78 is 17.3. The largest absolute Gasteiger partial charge is 0.477 e. The number of likely N-dealkylation sites (N-methyl/N-ethyl adjacent to an activating group) is 1. The maximum absolute atomic E-state index is 12.7. The minimum Gasteiger partial charge on any atom is -0.477 e. The van der Waals surface area contributed by atoms with Gasteiger partial charge in [-0.25, -0.2) is 4.79 Å². The second kappa shape index (κ2) is 37.5. The Kier molecular flexibility index (Phi) is 35.8. The Labute approximate surface area is 332 Å². The van der Waals surface area contributed by atoms with Crippen molar-refractivity contribution < 1.29 is 38.2 Å². The number of hydrogen-bond donors (Lipinski definition) is 1. The van der Waals surface area contributed by atoms with Crippen LogP contribution in [0.4, 0.5) is 0 Å². The molecular weight excluding hydrogens is 679 g/mol. The van der Waals surface area contributed by atoms with Gasteiger partial charge in [-0.15, -0.1) is 0 Å². The number of allylic oxidation sites excluding steroid dienone is 6. The smallest absolute Gasteiger partial charge is 0.362 e. The third kappa shape index (κ3) is 35.3. The van der Waals surface area contributed by atoms with Crippen molar-refractivity contribution in [1.29, 1.82) is 0 Å². The van der Waals surface area contributed by atoms with Crippen LogP contribution in [-0.2, 0) is 28.6 Å². The van der Waals surface area contributed by atoms with Crippen molar-refractivity contribution in [3.8, 4) is 0 Å². The van der Waals surface area contributed by atoms with E-state index in [2.05, 4.69) is 50.3 Å².